The summed E-state index contributed by atoms with van der Waals surface area (Å²) in [4.78, 5) is 12.3. The highest BCUT2D eigenvalue weighted by molar-refractivity contribution is 7.88. The lowest BCUT2D eigenvalue weighted by atomic mass is 10.1. The molecule has 2 aromatic carbocycles. The second-order valence-electron chi connectivity index (χ2n) is 6.48. The van der Waals surface area contributed by atoms with E-state index in [2.05, 4.69) is 5.32 Å². The van der Waals surface area contributed by atoms with Crippen LogP contribution in [0.5, 0.6) is 11.5 Å². The lowest BCUT2D eigenvalue weighted by Gasteiger charge is -2.20. The number of sulfonamides is 1. The largest absolute Gasteiger partial charge is 0.493 e. The number of nitrogens with zero attached hydrogens (tertiary/aromatic N) is 1. The maximum absolute atomic E-state index is 12.3. The van der Waals surface area contributed by atoms with Crippen molar-refractivity contribution in [3.63, 3.8) is 0 Å². The van der Waals surface area contributed by atoms with Crippen molar-refractivity contribution >= 4 is 15.9 Å². The number of nitrogens with one attached hydrogen (secondary N) is 1. The Kier molecular flexibility index (Phi) is 7.42. The zero-order valence-corrected chi connectivity index (χ0v) is 17.4. The fourth-order valence-corrected chi connectivity index (χ4v) is 3.33. The van der Waals surface area contributed by atoms with Gasteiger partial charge in [-0.25, -0.2) is 8.42 Å². The van der Waals surface area contributed by atoms with E-state index in [9.17, 15) is 13.2 Å². The van der Waals surface area contributed by atoms with Crippen LogP contribution < -0.4 is 14.8 Å². The Hall–Kier alpha value is -2.58. The molecule has 7 nitrogen and oxygen atoms in total. The third kappa shape index (κ3) is 6.24. The summed E-state index contributed by atoms with van der Waals surface area (Å²) in [6.07, 6.45) is 1.10. The summed E-state index contributed by atoms with van der Waals surface area (Å²) < 4.78 is 35.7. The first-order valence-corrected chi connectivity index (χ1v) is 10.6. The van der Waals surface area contributed by atoms with E-state index < -0.39 is 10.0 Å². The summed E-state index contributed by atoms with van der Waals surface area (Å²) in [5.41, 5.74) is 2.72. The molecule has 0 saturated heterocycles. The molecule has 1 N–H and O–H groups in total. The molecule has 28 heavy (non-hydrogen) atoms. The van der Waals surface area contributed by atoms with Gasteiger partial charge in [0.1, 0.15) is 0 Å². The average Bonchev–Trinajstić information content (AvgIpc) is 2.66. The van der Waals surface area contributed by atoms with Crippen molar-refractivity contribution < 1.29 is 22.7 Å². The molecule has 0 fully saturated rings. The molecule has 0 saturated carbocycles. The van der Waals surface area contributed by atoms with Crippen LogP contribution in [0, 0.1) is 6.92 Å². The highest BCUT2D eigenvalue weighted by atomic mass is 32.2. The van der Waals surface area contributed by atoms with Crippen molar-refractivity contribution in [2.24, 2.45) is 0 Å². The van der Waals surface area contributed by atoms with Crippen molar-refractivity contribution in [3.05, 3.63) is 59.2 Å². The van der Waals surface area contributed by atoms with Crippen LogP contribution in [0.4, 0.5) is 0 Å². The Morgan fingerprint density at radius 1 is 1.00 bits per heavy atom. The van der Waals surface area contributed by atoms with Gasteiger partial charge in [0.15, 0.2) is 11.5 Å². The van der Waals surface area contributed by atoms with Crippen molar-refractivity contribution in [1.82, 2.24) is 9.62 Å². The van der Waals surface area contributed by atoms with E-state index in [1.807, 2.05) is 37.3 Å². The third-order valence-electron chi connectivity index (χ3n) is 4.21. The summed E-state index contributed by atoms with van der Waals surface area (Å²) >= 11 is 0. The van der Waals surface area contributed by atoms with E-state index in [-0.39, 0.29) is 25.5 Å². The van der Waals surface area contributed by atoms with Gasteiger partial charge in [-0.05, 0) is 30.2 Å². The number of carbonyl (C=O) groups is 1. The maximum atomic E-state index is 12.3. The molecule has 1 amide bonds. The fourth-order valence-electron chi connectivity index (χ4n) is 2.59. The number of benzene rings is 2. The molecule has 0 aliphatic rings. The maximum Gasteiger partial charge on any atom is 0.235 e. The Labute approximate surface area is 166 Å². The molecular formula is C20H26N2O5S. The minimum Gasteiger partial charge on any atom is -0.493 e. The van der Waals surface area contributed by atoms with Crippen molar-refractivity contribution in [2.75, 3.05) is 27.0 Å². The summed E-state index contributed by atoms with van der Waals surface area (Å²) in [6.45, 7) is 2.10. The molecule has 0 aliphatic carbocycles. The van der Waals surface area contributed by atoms with Gasteiger partial charge in [-0.15, -0.1) is 0 Å². The Morgan fingerprint density at radius 2 is 1.61 bits per heavy atom. The van der Waals surface area contributed by atoms with Gasteiger partial charge in [0.25, 0.3) is 0 Å². The summed E-state index contributed by atoms with van der Waals surface area (Å²) in [7, 11) is -0.449. The molecule has 0 aromatic heterocycles. The van der Waals surface area contributed by atoms with E-state index >= 15 is 0 Å². The Balaban J connectivity index is 2.01. The number of carbonyl (C=O) groups excluding carboxylic acids is 1. The number of hydrogen-bond donors (Lipinski definition) is 1. The molecule has 0 bridgehead atoms. The number of hydrogen-bond acceptors (Lipinski definition) is 5. The zero-order chi connectivity index (χ0) is 20.7. The van der Waals surface area contributed by atoms with Gasteiger partial charge in [0.05, 0.1) is 27.0 Å². The fraction of sp³-hybridized carbons (Fsp3) is 0.350. The summed E-state index contributed by atoms with van der Waals surface area (Å²) in [5.74, 6) is 0.776. The molecule has 0 atom stereocenters. The monoisotopic (exact) mass is 406 g/mol. The van der Waals surface area contributed by atoms with E-state index in [0.717, 1.165) is 27.3 Å². The quantitative estimate of drug-likeness (QED) is 0.689. The third-order valence-corrected chi connectivity index (χ3v) is 5.40. The van der Waals surface area contributed by atoms with Crippen molar-refractivity contribution in [3.8, 4) is 11.5 Å². The van der Waals surface area contributed by atoms with E-state index in [0.29, 0.717) is 11.5 Å². The Morgan fingerprint density at radius 3 is 2.18 bits per heavy atom. The van der Waals surface area contributed by atoms with Gasteiger partial charge in [-0.1, -0.05) is 35.9 Å². The van der Waals surface area contributed by atoms with Crippen LogP contribution in [0.25, 0.3) is 0 Å². The molecule has 2 aromatic rings. The van der Waals surface area contributed by atoms with E-state index in [1.54, 1.807) is 19.2 Å². The van der Waals surface area contributed by atoms with Crippen molar-refractivity contribution in [1.29, 1.82) is 0 Å². The molecule has 0 unspecified atom stereocenters. The van der Waals surface area contributed by atoms with Gasteiger partial charge >= 0.3 is 0 Å². The van der Waals surface area contributed by atoms with Crippen LogP contribution in [0.3, 0.4) is 0 Å². The van der Waals surface area contributed by atoms with Crippen molar-refractivity contribution in [2.45, 2.75) is 20.0 Å². The minimum absolute atomic E-state index is 0.142. The van der Waals surface area contributed by atoms with Gasteiger partial charge in [-0.3, -0.25) is 4.79 Å². The minimum atomic E-state index is -3.53. The van der Waals surface area contributed by atoms with E-state index in [1.165, 1.54) is 7.11 Å². The number of amides is 1. The van der Waals surface area contributed by atoms with Gasteiger partial charge < -0.3 is 14.8 Å². The van der Waals surface area contributed by atoms with Crippen LogP contribution >= 0.6 is 0 Å². The van der Waals surface area contributed by atoms with Crippen LogP contribution in [-0.2, 0) is 27.9 Å². The highest BCUT2D eigenvalue weighted by Crippen LogP contribution is 2.27. The first-order valence-electron chi connectivity index (χ1n) is 8.71. The number of ether oxygens (including phenoxy) is 2. The molecule has 2 rings (SSSR count). The molecule has 0 heterocycles. The summed E-state index contributed by atoms with van der Waals surface area (Å²) in [6, 6.07) is 12.9. The topological polar surface area (TPSA) is 84.9 Å². The average molecular weight is 407 g/mol. The number of methoxy groups -OCH3 is 2. The first kappa shape index (κ1) is 21.7. The predicted octanol–water partition coefficient (Wildman–Crippen LogP) is 2.09. The van der Waals surface area contributed by atoms with Gasteiger partial charge in [-0.2, -0.15) is 4.31 Å². The predicted molar refractivity (Wildman–Crippen MR) is 108 cm³/mol. The Bertz CT molecular complexity index is 911. The van der Waals surface area contributed by atoms with Crippen LogP contribution in [0.1, 0.15) is 16.7 Å². The standard InChI is InChI=1S/C20H26N2O5S/c1-15-5-7-16(8-6-15)13-22(28(4,24)25)14-20(23)21-12-17-9-10-18(26-2)19(11-17)27-3/h5-11H,12-14H2,1-4H3,(H,21,23). The van der Waals surface area contributed by atoms with Gasteiger partial charge in [0.2, 0.25) is 15.9 Å². The molecule has 152 valence electrons. The smallest absolute Gasteiger partial charge is 0.235 e. The second-order valence-corrected chi connectivity index (χ2v) is 8.47. The molecule has 0 radical (unpaired) electrons. The van der Waals surface area contributed by atoms with Crippen LogP contribution in [-0.4, -0.2) is 45.7 Å². The lowest BCUT2D eigenvalue weighted by Crippen LogP contribution is -2.39. The SMILES string of the molecule is COc1ccc(CNC(=O)CN(Cc2ccc(C)cc2)S(C)(=O)=O)cc1OC. The zero-order valence-electron chi connectivity index (χ0n) is 16.6. The number of rotatable bonds is 9. The highest BCUT2D eigenvalue weighted by Gasteiger charge is 2.20. The van der Waals surface area contributed by atoms with Gasteiger partial charge in [0, 0.05) is 13.1 Å². The summed E-state index contributed by atoms with van der Waals surface area (Å²) in [5, 5.41) is 2.74. The first-order chi connectivity index (χ1) is 13.2. The molecule has 0 spiro atoms. The normalized spacial score (nSPS) is 11.3. The number of aryl methyl sites for hydroxylation is 1. The molecule has 8 heteroatoms. The van der Waals surface area contributed by atoms with E-state index in [4.69, 9.17) is 9.47 Å². The van der Waals surface area contributed by atoms with Crippen LogP contribution in [0.15, 0.2) is 42.5 Å². The van der Waals surface area contributed by atoms with Crippen LogP contribution in [0.2, 0.25) is 0 Å². The second kappa shape index (κ2) is 9.57. The molecular weight excluding hydrogens is 380 g/mol. The molecule has 0 aliphatic heterocycles. The lowest BCUT2D eigenvalue weighted by molar-refractivity contribution is -0.121.